The van der Waals surface area contributed by atoms with Gasteiger partial charge in [0.25, 0.3) is 5.91 Å². The first-order chi connectivity index (χ1) is 14.5. The lowest BCUT2D eigenvalue weighted by atomic mass is 10.1. The predicted octanol–water partition coefficient (Wildman–Crippen LogP) is 4.00. The Hall–Kier alpha value is -2.87. The van der Waals surface area contributed by atoms with Gasteiger partial charge in [-0.1, -0.05) is 0 Å². The number of imidazole rings is 1. The van der Waals surface area contributed by atoms with Crippen molar-refractivity contribution in [2.45, 2.75) is 26.4 Å². The van der Waals surface area contributed by atoms with Gasteiger partial charge in [-0.05, 0) is 53.5 Å². The van der Waals surface area contributed by atoms with Gasteiger partial charge in [0.05, 0.1) is 35.4 Å². The number of fused-ring (bicyclic) bond motifs is 1. The molecule has 4 rings (SSSR count). The molecule has 0 bridgehead atoms. The van der Waals surface area contributed by atoms with E-state index in [1.54, 1.807) is 30.5 Å². The van der Waals surface area contributed by atoms with Gasteiger partial charge >= 0.3 is 0 Å². The van der Waals surface area contributed by atoms with Crippen LogP contribution in [0.15, 0.2) is 47.3 Å². The van der Waals surface area contributed by atoms with Gasteiger partial charge in [0.1, 0.15) is 23.9 Å². The zero-order valence-corrected chi connectivity index (χ0v) is 18.7. The van der Waals surface area contributed by atoms with Crippen molar-refractivity contribution in [2.75, 3.05) is 20.3 Å². The van der Waals surface area contributed by atoms with Gasteiger partial charge in [0.15, 0.2) is 0 Å². The minimum atomic E-state index is -0.222. The molecule has 8 heteroatoms. The van der Waals surface area contributed by atoms with Crippen LogP contribution in [0.2, 0.25) is 0 Å². The number of hydrogen-bond donors (Lipinski definition) is 0. The highest BCUT2D eigenvalue weighted by Gasteiger charge is 2.30. The van der Waals surface area contributed by atoms with Crippen LogP contribution in [-0.2, 0) is 6.54 Å². The summed E-state index contributed by atoms with van der Waals surface area (Å²) in [6.45, 7) is 5.43. The number of ether oxygens (including phenoxy) is 2. The van der Waals surface area contributed by atoms with Crippen LogP contribution in [0.4, 0.5) is 0 Å². The third-order valence-corrected chi connectivity index (χ3v) is 5.92. The molecule has 0 saturated carbocycles. The summed E-state index contributed by atoms with van der Waals surface area (Å²) in [6, 6.07) is 7.33. The number of carbonyl (C=O) groups excluding carboxylic acids is 1. The monoisotopic (exact) mass is 470 g/mol. The molecule has 0 radical (unpaired) electrons. The fourth-order valence-electron chi connectivity index (χ4n) is 3.63. The molecule has 1 unspecified atom stereocenters. The van der Waals surface area contributed by atoms with E-state index in [0.717, 1.165) is 21.6 Å². The number of aryl methyl sites for hydroxylation is 1. The summed E-state index contributed by atoms with van der Waals surface area (Å²) in [5, 5.41) is 0. The van der Waals surface area contributed by atoms with Gasteiger partial charge in [-0.15, -0.1) is 0 Å². The molecule has 1 atom stereocenters. The van der Waals surface area contributed by atoms with Crippen molar-refractivity contribution in [3.63, 3.8) is 0 Å². The molecule has 156 valence electrons. The van der Waals surface area contributed by atoms with Crippen LogP contribution in [-0.4, -0.2) is 45.6 Å². The van der Waals surface area contributed by atoms with Crippen molar-refractivity contribution < 1.29 is 14.3 Å². The van der Waals surface area contributed by atoms with Crippen LogP contribution >= 0.6 is 15.9 Å². The topological polar surface area (TPSA) is 69.5 Å². The predicted molar refractivity (Wildman–Crippen MR) is 116 cm³/mol. The van der Waals surface area contributed by atoms with Gasteiger partial charge in [-0.3, -0.25) is 9.78 Å². The van der Waals surface area contributed by atoms with E-state index in [1.807, 2.05) is 42.8 Å². The zero-order valence-electron chi connectivity index (χ0n) is 17.1. The van der Waals surface area contributed by atoms with E-state index < -0.39 is 0 Å². The standard InChI is InChI=1S/C22H23BrN4O3/c1-14(20-12-17(29-3)4-5-25-20)27-8-9-30-21-18(22(27)28)10-16(11-19(21)23)13-26-7-6-24-15(26)2/h4-7,10-12,14H,8-9,13H2,1-3H3. The highest BCUT2D eigenvalue weighted by molar-refractivity contribution is 9.10. The molecule has 2 aromatic heterocycles. The molecule has 0 fully saturated rings. The summed E-state index contributed by atoms with van der Waals surface area (Å²) in [6.07, 6.45) is 5.39. The number of pyridine rings is 1. The molecule has 3 heterocycles. The van der Waals surface area contributed by atoms with Crippen LogP contribution in [0, 0.1) is 6.92 Å². The third-order valence-electron chi connectivity index (χ3n) is 5.33. The molecule has 0 aliphatic carbocycles. The van der Waals surface area contributed by atoms with E-state index in [4.69, 9.17) is 9.47 Å². The van der Waals surface area contributed by atoms with Gasteiger partial charge in [0, 0.05) is 31.2 Å². The molecule has 1 aliphatic rings. The molecule has 7 nitrogen and oxygen atoms in total. The maximum Gasteiger partial charge on any atom is 0.258 e. The van der Waals surface area contributed by atoms with Crippen LogP contribution in [0.1, 0.15) is 40.4 Å². The van der Waals surface area contributed by atoms with Crippen LogP contribution in [0.25, 0.3) is 0 Å². The Balaban J connectivity index is 1.67. The second kappa shape index (κ2) is 8.47. The Bertz CT molecular complexity index is 1080. The first kappa shape index (κ1) is 20.4. The number of aromatic nitrogens is 3. The minimum Gasteiger partial charge on any atom is -0.497 e. The molecule has 30 heavy (non-hydrogen) atoms. The lowest BCUT2D eigenvalue weighted by molar-refractivity contribution is 0.0684. The smallest absolute Gasteiger partial charge is 0.258 e. The lowest BCUT2D eigenvalue weighted by Gasteiger charge is -2.27. The number of benzene rings is 1. The molecule has 3 aromatic rings. The van der Waals surface area contributed by atoms with Crippen molar-refractivity contribution in [1.29, 1.82) is 0 Å². The second-order valence-electron chi connectivity index (χ2n) is 7.20. The summed E-state index contributed by atoms with van der Waals surface area (Å²) in [4.78, 5) is 24.0. The maximum atomic E-state index is 13.5. The normalized spacial score (nSPS) is 14.7. The Labute approximate surface area is 183 Å². The SMILES string of the molecule is COc1ccnc(C(C)N2CCOc3c(Br)cc(Cn4ccnc4C)cc3C2=O)c1. The molecule has 1 aromatic carbocycles. The van der Waals surface area contributed by atoms with Crippen LogP contribution in [0.5, 0.6) is 11.5 Å². The van der Waals surface area contributed by atoms with E-state index in [1.165, 1.54) is 0 Å². The quantitative estimate of drug-likeness (QED) is 0.563. The van der Waals surface area contributed by atoms with Crippen molar-refractivity contribution in [3.05, 3.63) is 70.0 Å². The first-order valence-electron chi connectivity index (χ1n) is 9.71. The number of rotatable bonds is 5. The number of methoxy groups -OCH3 is 1. The Morgan fingerprint density at radius 1 is 1.27 bits per heavy atom. The molecule has 0 spiro atoms. The van der Waals surface area contributed by atoms with Gasteiger partial charge in [-0.25, -0.2) is 4.98 Å². The fraction of sp³-hybridized carbons (Fsp3) is 0.318. The third kappa shape index (κ3) is 3.92. The molecule has 1 amide bonds. The minimum absolute atomic E-state index is 0.0791. The van der Waals surface area contributed by atoms with Crippen LogP contribution < -0.4 is 9.47 Å². The molecular weight excluding hydrogens is 448 g/mol. The summed E-state index contributed by atoms with van der Waals surface area (Å²) in [7, 11) is 1.62. The van der Waals surface area contributed by atoms with E-state index >= 15 is 0 Å². The summed E-state index contributed by atoms with van der Waals surface area (Å²) >= 11 is 3.59. The molecule has 1 aliphatic heterocycles. The van der Waals surface area contributed by atoms with Gasteiger partial charge < -0.3 is 18.9 Å². The van der Waals surface area contributed by atoms with E-state index in [9.17, 15) is 4.79 Å². The number of amides is 1. The summed E-state index contributed by atoms with van der Waals surface area (Å²) < 4.78 is 14.1. The lowest BCUT2D eigenvalue weighted by Crippen LogP contribution is -2.35. The second-order valence-corrected chi connectivity index (χ2v) is 8.05. The van der Waals surface area contributed by atoms with E-state index in [2.05, 4.69) is 25.9 Å². The number of halogens is 1. The Morgan fingerprint density at radius 2 is 2.10 bits per heavy atom. The first-order valence-corrected chi connectivity index (χ1v) is 10.5. The largest absolute Gasteiger partial charge is 0.497 e. The fourth-order valence-corrected chi connectivity index (χ4v) is 4.25. The molecular formula is C22H23BrN4O3. The summed E-state index contributed by atoms with van der Waals surface area (Å²) in [5.41, 5.74) is 2.31. The Morgan fingerprint density at radius 3 is 2.83 bits per heavy atom. The highest BCUT2D eigenvalue weighted by atomic mass is 79.9. The molecule has 0 N–H and O–H groups in total. The van der Waals surface area contributed by atoms with Gasteiger partial charge in [0.2, 0.25) is 0 Å². The van der Waals surface area contributed by atoms with Crippen molar-refractivity contribution in [2.24, 2.45) is 0 Å². The van der Waals surface area contributed by atoms with Crippen LogP contribution in [0.3, 0.4) is 0 Å². The number of nitrogens with zero attached hydrogens (tertiary/aromatic N) is 4. The average molecular weight is 471 g/mol. The number of carbonyl (C=O) groups is 1. The Kier molecular flexibility index (Phi) is 5.76. The van der Waals surface area contributed by atoms with Crippen molar-refractivity contribution in [3.8, 4) is 11.5 Å². The highest BCUT2D eigenvalue weighted by Crippen LogP contribution is 2.35. The number of hydrogen-bond acceptors (Lipinski definition) is 5. The van der Waals surface area contributed by atoms with Crippen molar-refractivity contribution in [1.82, 2.24) is 19.4 Å². The molecule has 0 saturated heterocycles. The zero-order chi connectivity index (χ0) is 21.3. The van der Waals surface area contributed by atoms with Gasteiger partial charge in [-0.2, -0.15) is 0 Å². The summed E-state index contributed by atoms with van der Waals surface area (Å²) in [5.74, 6) is 2.14. The van der Waals surface area contributed by atoms with E-state index in [0.29, 0.717) is 36.8 Å². The maximum absolute atomic E-state index is 13.5. The average Bonchev–Trinajstić information content (AvgIpc) is 3.07. The van der Waals surface area contributed by atoms with Crippen molar-refractivity contribution >= 4 is 21.8 Å². The van der Waals surface area contributed by atoms with E-state index in [-0.39, 0.29) is 11.9 Å².